The van der Waals surface area contributed by atoms with Gasteiger partial charge >= 0.3 is 0 Å². The number of nitro benzene ring substituents is 1. The van der Waals surface area contributed by atoms with Gasteiger partial charge in [-0.3, -0.25) is 15.0 Å². The SMILES string of the molecule is CCC[C@@H](c1cc([N+](=O)[O-])cc(OC)c1O)N1CCNCC1.Cl.Cl. The zero-order chi connectivity index (χ0) is 16.1. The Bertz CT molecular complexity index is 540. The highest BCUT2D eigenvalue weighted by Crippen LogP contribution is 2.41. The molecule has 1 aromatic carbocycles. The van der Waals surface area contributed by atoms with E-state index >= 15 is 0 Å². The molecule has 138 valence electrons. The molecule has 0 unspecified atom stereocenters. The topological polar surface area (TPSA) is 87.9 Å². The first-order chi connectivity index (χ1) is 10.6. The van der Waals surface area contributed by atoms with Crippen molar-refractivity contribution in [2.45, 2.75) is 25.8 Å². The maximum absolute atomic E-state index is 11.1. The van der Waals surface area contributed by atoms with Crippen LogP contribution in [0.25, 0.3) is 0 Å². The monoisotopic (exact) mass is 381 g/mol. The Balaban J connectivity index is 0.00000264. The van der Waals surface area contributed by atoms with Crippen LogP contribution in [0.15, 0.2) is 12.1 Å². The highest BCUT2D eigenvalue weighted by molar-refractivity contribution is 5.85. The second-order valence-corrected chi connectivity index (χ2v) is 5.43. The van der Waals surface area contributed by atoms with Gasteiger partial charge in [0.05, 0.1) is 18.1 Å². The Kier molecular flexibility index (Phi) is 9.99. The fourth-order valence-corrected chi connectivity index (χ4v) is 2.93. The number of aromatic hydroxyl groups is 1. The number of nitrogens with one attached hydrogen (secondary N) is 1. The lowest BCUT2D eigenvalue weighted by Gasteiger charge is -2.35. The molecule has 1 aromatic rings. The van der Waals surface area contributed by atoms with E-state index in [1.807, 2.05) is 0 Å². The lowest BCUT2D eigenvalue weighted by atomic mass is 9.97. The molecule has 1 aliphatic rings. The number of ether oxygens (including phenoxy) is 1. The summed E-state index contributed by atoms with van der Waals surface area (Å²) in [7, 11) is 1.40. The van der Waals surface area contributed by atoms with Crippen LogP contribution >= 0.6 is 24.8 Å². The zero-order valence-corrected chi connectivity index (χ0v) is 15.5. The van der Waals surface area contributed by atoms with Crippen LogP contribution in [-0.2, 0) is 0 Å². The van der Waals surface area contributed by atoms with Crippen LogP contribution in [0.5, 0.6) is 11.5 Å². The average Bonchev–Trinajstić information content (AvgIpc) is 2.54. The Labute approximate surface area is 154 Å². The largest absolute Gasteiger partial charge is 0.504 e. The molecule has 24 heavy (non-hydrogen) atoms. The predicted octanol–water partition coefficient (Wildman–Crippen LogP) is 2.90. The number of nitro groups is 1. The standard InChI is InChI=1S/C15H23N3O4.2ClH/c1-3-4-13(17-7-5-16-6-8-17)12-9-11(18(20)21)10-14(22-2)15(12)19;;/h9-10,13,16,19H,3-8H2,1-2H3;2*1H/t13-;;/m0../s1. The number of phenolic OH excluding ortho intramolecular Hbond substituents is 1. The number of hydrogen-bond donors (Lipinski definition) is 2. The fourth-order valence-electron chi connectivity index (χ4n) is 2.93. The number of phenols is 1. The molecule has 0 aliphatic carbocycles. The maximum atomic E-state index is 11.1. The van der Waals surface area contributed by atoms with Gasteiger partial charge < -0.3 is 15.2 Å². The van der Waals surface area contributed by atoms with E-state index < -0.39 is 4.92 Å². The number of non-ortho nitro benzene ring substituents is 1. The van der Waals surface area contributed by atoms with E-state index in [0.717, 1.165) is 39.0 Å². The summed E-state index contributed by atoms with van der Waals surface area (Å²) in [6.07, 6.45) is 1.76. The summed E-state index contributed by atoms with van der Waals surface area (Å²) in [6, 6.07) is 2.70. The van der Waals surface area contributed by atoms with E-state index in [9.17, 15) is 15.2 Å². The highest BCUT2D eigenvalue weighted by atomic mass is 35.5. The van der Waals surface area contributed by atoms with Gasteiger partial charge in [0, 0.05) is 43.9 Å². The van der Waals surface area contributed by atoms with Crippen molar-refractivity contribution in [3.63, 3.8) is 0 Å². The maximum Gasteiger partial charge on any atom is 0.273 e. The molecule has 2 N–H and O–H groups in total. The molecule has 1 fully saturated rings. The van der Waals surface area contributed by atoms with Gasteiger partial charge in [-0.2, -0.15) is 0 Å². The number of rotatable bonds is 6. The van der Waals surface area contributed by atoms with Crippen molar-refractivity contribution in [3.8, 4) is 11.5 Å². The summed E-state index contributed by atoms with van der Waals surface area (Å²) >= 11 is 0. The molecule has 1 atom stereocenters. The van der Waals surface area contributed by atoms with Crippen molar-refractivity contribution in [1.82, 2.24) is 10.2 Å². The van der Waals surface area contributed by atoms with E-state index in [1.54, 1.807) is 0 Å². The smallest absolute Gasteiger partial charge is 0.273 e. The molecular formula is C15H25Cl2N3O4. The van der Waals surface area contributed by atoms with E-state index in [4.69, 9.17) is 4.74 Å². The minimum absolute atomic E-state index is 0. The number of hydrogen-bond acceptors (Lipinski definition) is 6. The minimum Gasteiger partial charge on any atom is -0.504 e. The van der Waals surface area contributed by atoms with Crippen molar-refractivity contribution in [2.24, 2.45) is 0 Å². The normalized spacial score (nSPS) is 15.8. The summed E-state index contributed by atoms with van der Waals surface area (Å²) < 4.78 is 5.11. The molecule has 0 spiro atoms. The van der Waals surface area contributed by atoms with Gasteiger partial charge in [0.25, 0.3) is 5.69 Å². The lowest BCUT2D eigenvalue weighted by Crippen LogP contribution is -2.45. The number of benzene rings is 1. The van der Waals surface area contributed by atoms with Crippen molar-refractivity contribution < 1.29 is 14.8 Å². The van der Waals surface area contributed by atoms with Gasteiger partial charge in [-0.05, 0) is 6.42 Å². The number of nitrogens with zero attached hydrogens (tertiary/aromatic N) is 2. The van der Waals surface area contributed by atoms with Crippen LogP contribution in [0.1, 0.15) is 31.4 Å². The van der Waals surface area contributed by atoms with Crippen LogP contribution in [0, 0.1) is 10.1 Å². The van der Waals surface area contributed by atoms with Gasteiger partial charge in [-0.1, -0.05) is 13.3 Å². The number of methoxy groups -OCH3 is 1. The van der Waals surface area contributed by atoms with Crippen LogP contribution in [0.4, 0.5) is 5.69 Å². The first-order valence-electron chi connectivity index (χ1n) is 7.58. The van der Waals surface area contributed by atoms with E-state index in [-0.39, 0.29) is 48.0 Å². The molecule has 1 heterocycles. The first-order valence-corrected chi connectivity index (χ1v) is 7.58. The van der Waals surface area contributed by atoms with Gasteiger partial charge in [0.1, 0.15) is 0 Å². The van der Waals surface area contributed by atoms with Gasteiger partial charge in [0.15, 0.2) is 11.5 Å². The second-order valence-electron chi connectivity index (χ2n) is 5.43. The lowest BCUT2D eigenvalue weighted by molar-refractivity contribution is -0.385. The molecule has 0 saturated carbocycles. The van der Waals surface area contributed by atoms with Gasteiger partial charge in [-0.15, -0.1) is 24.8 Å². The van der Waals surface area contributed by atoms with Crippen LogP contribution in [0.3, 0.4) is 0 Å². The molecule has 7 nitrogen and oxygen atoms in total. The molecule has 1 aliphatic heterocycles. The quantitative estimate of drug-likeness (QED) is 0.581. The Morgan fingerprint density at radius 3 is 2.50 bits per heavy atom. The summed E-state index contributed by atoms with van der Waals surface area (Å²) in [5, 5.41) is 24.9. The molecule has 0 radical (unpaired) electrons. The van der Waals surface area contributed by atoms with E-state index in [0.29, 0.717) is 5.56 Å². The first kappa shape index (κ1) is 22.7. The third-order valence-corrected chi connectivity index (χ3v) is 4.03. The molecule has 0 aromatic heterocycles. The molecule has 2 rings (SSSR count). The molecule has 0 amide bonds. The summed E-state index contributed by atoms with van der Waals surface area (Å²) in [5.41, 5.74) is 0.524. The Morgan fingerprint density at radius 2 is 2.00 bits per heavy atom. The summed E-state index contributed by atoms with van der Waals surface area (Å²) in [4.78, 5) is 12.9. The van der Waals surface area contributed by atoms with Crippen molar-refractivity contribution in [1.29, 1.82) is 0 Å². The fraction of sp³-hybridized carbons (Fsp3) is 0.600. The molecule has 1 saturated heterocycles. The van der Waals surface area contributed by atoms with Crippen molar-refractivity contribution >= 4 is 30.5 Å². The number of piperazine rings is 1. The summed E-state index contributed by atoms with van der Waals surface area (Å²) in [6.45, 7) is 5.55. The Hall–Kier alpha value is -1.28. The predicted molar refractivity (Wildman–Crippen MR) is 97.9 cm³/mol. The van der Waals surface area contributed by atoms with Crippen molar-refractivity contribution in [2.75, 3.05) is 33.3 Å². The van der Waals surface area contributed by atoms with Gasteiger partial charge in [-0.25, -0.2) is 0 Å². The molecule has 9 heteroatoms. The van der Waals surface area contributed by atoms with E-state index in [1.165, 1.54) is 19.2 Å². The third kappa shape index (κ3) is 5.11. The molecule has 0 bridgehead atoms. The minimum atomic E-state index is -0.452. The number of halogens is 2. The van der Waals surface area contributed by atoms with Crippen LogP contribution in [0.2, 0.25) is 0 Å². The zero-order valence-electron chi connectivity index (χ0n) is 13.9. The van der Waals surface area contributed by atoms with Crippen LogP contribution in [-0.4, -0.2) is 48.2 Å². The average molecular weight is 382 g/mol. The van der Waals surface area contributed by atoms with E-state index in [2.05, 4.69) is 17.1 Å². The Morgan fingerprint density at radius 1 is 1.38 bits per heavy atom. The third-order valence-electron chi connectivity index (χ3n) is 4.03. The van der Waals surface area contributed by atoms with Gasteiger partial charge in [0.2, 0.25) is 0 Å². The second kappa shape index (κ2) is 10.6. The van der Waals surface area contributed by atoms with Crippen LogP contribution < -0.4 is 10.1 Å². The van der Waals surface area contributed by atoms with Crippen molar-refractivity contribution in [3.05, 3.63) is 27.8 Å². The molecular weight excluding hydrogens is 357 g/mol. The summed E-state index contributed by atoms with van der Waals surface area (Å²) in [5.74, 6) is 0.158. The highest BCUT2D eigenvalue weighted by Gasteiger charge is 2.27.